The smallest absolute Gasteiger partial charge is 0.235 e. The molecule has 1 saturated heterocycles. The lowest BCUT2D eigenvalue weighted by molar-refractivity contribution is -0.132. The van der Waals surface area contributed by atoms with Crippen LogP contribution in [0, 0.1) is 11.8 Å². The van der Waals surface area contributed by atoms with E-state index in [1.54, 1.807) is 7.11 Å². The summed E-state index contributed by atoms with van der Waals surface area (Å²) in [5, 5.41) is 9.97. The fourth-order valence-electron chi connectivity index (χ4n) is 4.09. The summed E-state index contributed by atoms with van der Waals surface area (Å²) in [6.07, 6.45) is 2.00. The van der Waals surface area contributed by atoms with Gasteiger partial charge in [-0.2, -0.15) is 0 Å². The number of thioether (sulfide) groups is 1. The first kappa shape index (κ1) is 23.1. The molecule has 1 amide bonds. The van der Waals surface area contributed by atoms with Gasteiger partial charge in [0.1, 0.15) is 0 Å². The largest absolute Gasteiger partial charge is 0.385 e. The summed E-state index contributed by atoms with van der Waals surface area (Å²) in [5.41, 5.74) is 0.841. The SMILES string of the molecule is COCCCn1c(SC(C)C(=O)N2CC(C)CC(C)C2)nnc1-c1ccccc1Cl. The van der Waals surface area contributed by atoms with Crippen LogP contribution in [0.25, 0.3) is 11.4 Å². The number of carbonyl (C=O) groups excluding carboxylic acids is 1. The van der Waals surface area contributed by atoms with Crippen LogP contribution in [-0.4, -0.2) is 57.6 Å². The van der Waals surface area contributed by atoms with Crippen molar-refractivity contribution in [2.24, 2.45) is 11.8 Å². The minimum atomic E-state index is -0.230. The summed E-state index contributed by atoms with van der Waals surface area (Å²) in [6.45, 7) is 9.40. The van der Waals surface area contributed by atoms with Gasteiger partial charge in [0, 0.05) is 38.9 Å². The summed E-state index contributed by atoms with van der Waals surface area (Å²) in [6, 6.07) is 7.63. The van der Waals surface area contributed by atoms with Crippen molar-refractivity contribution in [1.29, 1.82) is 0 Å². The van der Waals surface area contributed by atoms with Gasteiger partial charge in [0.25, 0.3) is 0 Å². The maximum atomic E-state index is 13.1. The molecule has 164 valence electrons. The van der Waals surface area contributed by atoms with Crippen LogP contribution in [0.15, 0.2) is 29.4 Å². The van der Waals surface area contributed by atoms with Crippen molar-refractivity contribution in [2.45, 2.75) is 50.6 Å². The number of amides is 1. The zero-order valence-electron chi connectivity index (χ0n) is 18.2. The molecule has 8 heteroatoms. The average molecular weight is 451 g/mol. The number of piperidine rings is 1. The molecule has 3 rings (SSSR count). The third-order valence-corrected chi connectivity index (χ3v) is 6.77. The van der Waals surface area contributed by atoms with E-state index in [0.29, 0.717) is 30.0 Å². The standard InChI is InChI=1S/C22H31ClN4O2S/c1-15-12-16(2)14-26(13-15)21(28)17(3)30-22-25-24-20(27(22)10-7-11-29-4)18-8-5-6-9-19(18)23/h5-6,8-9,15-17H,7,10-14H2,1-4H3. The molecule has 1 fully saturated rings. The molecular weight excluding hydrogens is 420 g/mol. The van der Waals surface area contributed by atoms with Crippen molar-refractivity contribution in [1.82, 2.24) is 19.7 Å². The lowest BCUT2D eigenvalue weighted by Gasteiger charge is -2.36. The van der Waals surface area contributed by atoms with Crippen molar-refractivity contribution < 1.29 is 9.53 Å². The second kappa shape index (κ2) is 10.6. The Bertz CT molecular complexity index is 849. The van der Waals surface area contributed by atoms with Crippen LogP contribution in [0.3, 0.4) is 0 Å². The van der Waals surface area contributed by atoms with Crippen molar-refractivity contribution in [3.05, 3.63) is 29.3 Å². The van der Waals surface area contributed by atoms with Crippen molar-refractivity contribution >= 4 is 29.3 Å². The van der Waals surface area contributed by atoms with Crippen LogP contribution >= 0.6 is 23.4 Å². The van der Waals surface area contributed by atoms with E-state index < -0.39 is 0 Å². The van der Waals surface area contributed by atoms with Crippen LogP contribution in [0.5, 0.6) is 0 Å². The highest BCUT2D eigenvalue weighted by molar-refractivity contribution is 8.00. The van der Waals surface area contributed by atoms with E-state index in [4.69, 9.17) is 16.3 Å². The average Bonchev–Trinajstić information content (AvgIpc) is 3.09. The molecule has 0 radical (unpaired) electrons. The quantitative estimate of drug-likeness (QED) is 0.433. The Morgan fingerprint density at radius 2 is 1.97 bits per heavy atom. The van der Waals surface area contributed by atoms with Gasteiger partial charge >= 0.3 is 0 Å². The van der Waals surface area contributed by atoms with Gasteiger partial charge in [-0.05, 0) is 43.7 Å². The number of hydrogen-bond acceptors (Lipinski definition) is 5. The molecule has 2 aromatic rings. The summed E-state index contributed by atoms with van der Waals surface area (Å²) >= 11 is 7.88. The highest BCUT2D eigenvalue weighted by Gasteiger charge is 2.30. The molecular formula is C22H31ClN4O2S. The van der Waals surface area contributed by atoms with E-state index in [9.17, 15) is 4.79 Å². The molecule has 0 aliphatic carbocycles. The van der Waals surface area contributed by atoms with Crippen molar-refractivity contribution in [2.75, 3.05) is 26.8 Å². The number of aromatic nitrogens is 3. The molecule has 1 aromatic heterocycles. The Morgan fingerprint density at radius 3 is 2.63 bits per heavy atom. The number of rotatable bonds is 8. The molecule has 30 heavy (non-hydrogen) atoms. The van der Waals surface area contributed by atoms with E-state index in [1.807, 2.05) is 36.1 Å². The monoisotopic (exact) mass is 450 g/mol. The fourth-order valence-corrected chi connectivity index (χ4v) is 5.27. The van der Waals surface area contributed by atoms with E-state index in [0.717, 1.165) is 36.1 Å². The molecule has 3 atom stereocenters. The fraction of sp³-hybridized carbons (Fsp3) is 0.591. The first-order valence-electron chi connectivity index (χ1n) is 10.5. The van der Waals surface area contributed by atoms with Gasteiger partial charge in [-0.3, -0.25) is 4.79 Å². The molecule has 0 saturated carbocycles. The van der Waals surface area contributed by atoms with Crippen LogP contribution in [0.2, 0.25) is 5.02 Å². The van der Waals surface area contributed by atoms with E-state index in [2.05, 4.69) is 28.6 Å². The third-order valence-electron chi connectivity index (χ3n) is 5.37. The van der Waals surface area contributed by atoms with Crippen LogP contribution in [-0.2, 0) is 16.1 Å². The molecule has 1 aliphatic rings. The van der Waals surface area contributed by atoms with E-state index in [1.165, 1.54) is 18.2 Å². The Kier molecular flexibility index (Phi) is 8.20. The maximum Gasteiger partial charge on any atom is 0.235 e. The normalized spacial score (nSPS) is 20.4. The minimum absolute atomic E-state index is 0.170. The lowest BCUT2D eigenvalue weighted by Crippen LogP contribution is -2.45. The number of likely N-dealkylation sites (tertiary alicyclic amines) is 1. The predicted molar refractivity (Wildman–Crippen MR) is 122 cm³/mol. The van der Waals surface area contributed by atoms with Crippen LogP contribution in [0.1, 0.15) is 33.6 Å². The van der Waals surface area contributed by atoms with E-state index >= 15 is 0 Å². The van der Waals surface area contributed by atoms with E-state index in [-0.39, 0.29) is 11.2 Å². The molecule has 1 aromatic carbocycles. The van der Waals surface area contributed by atoms with Gasteiger partial charge in [0.2, 0.25) is 5.91 Å². The molecule has 6 nitrogen and oxygen atoms in total. The number of hydrogen-bond donors (Lipinski definition) is 0. The van der Waals surface area contributed by atoms with Gasteiger partial charge < -0.3 is 14.2 Å². The van der Waals surface area contributed by atoms with Crippen molar-refractivity contribution in [3.63, 3.8) is 0 Å². The van der Waals surface area contributed by atoms with Gasteiger partial charge in [0.15, 0.2) is 11.0 Å². The molecule has 2 heterocycles. The maximum absolute atomic E-state index is 13.1. The van der Waals surface area contributed by atoms with Gasteiger partial charge in [0.05, 0.1) is 10.3 Å². The summed E-state index contributed by atoms with van der Waals surface area (Å²) in [4.78, 5) is 15.1. The molecule has 1 aliphatic heterocycles. The number of halogens is 1. The summed E-state index contributed by atoms with van der Waals surface area (Å²) < 4.78 is 7.27. The number of benzene rings is 1. The summed E-state index contributed by atoms with van der Waals surface area (Å²) in [7, 11) is 1.69. The topological polar surface area (TPSA) is 60.2 Å². The Labute approximate surface area is 188 Å². The predicted octanol–water partition coefficient (Wildman–Crippen LogP) is 4.62. The lowest BCUT2D eigenvalue weighted by atomic mass is 9.92. The second-order valence-corrected chi connectivity index (χ2v) is 9.95. The first-order chi connectivity index (χ1) is 14.4. The zero-order chi connectivity index (χ0) is 21.7. The van der Waals surface area contributed by atoms with Crippen molar-refractivity contribution in [3.8, 4) is 11.4 Å². The second-order valence-electron chi connectivity index (χ2n) is 8.23. The number of ether oxygens (including phenoxy) is 1. The van der Waals surface area contributed by atoms with Gasteiger partial charge in [-0.1, -0.05) is 49.3 Å². The molecule has 0 spiro atoms. The van der Waals surface area contributed by atoms with Crippen LogP contribution < -0.4 is 0 Å². The molecule has 0 bridgehead atoms. The minimum Gasteiger partial charge on any atom is -0.385 e. The Morgan fingerprint density at radius 1 is 1.27 bits per heavy atom. The summed E-state index contributed by atoms with van der Waals surface area (Å²) in [5.74, 6) is 1.97. The number of nitrogens with zero attached hydrogens (tertiary/aromatic N) is 4. The highest BCUT2D eigenvalue weighted by atomic mass is 35.5. The molecule has 0 N–H and O–H groups in total. The first-order valence-corrected chi connectivity index (χ1v) is 11.8. The highest BCUT2D eigenvalue weighted by Crippen LogP contribution is 2.32. The van der Waals surface area contributed by atoms with Gasteiger partial charge in [-0.25, -0.2) is 0 Å². The van der Waals surface area contributed by atoms with Crippen LogP contribution in [0.4, 0.5) is 0 Å². The Hall–Kier alpha value is -1.57. The number of methoxy groups -OCH3 is 1. The zero-order valence-corrected chi connectivity index (χ0v) is 19.7. The van der Waals surface area contributed by atoms with Gasteiger partial charge in [-0.15, -0.1) is 10.2 Å². The third kappa shape index (κ3) is 5.56. The molecule has 3 unspecified atom stereocenters. The Balaban J connectivity index is 1.80. The number of carbonyl (C=O) groups is 1.